The maximum atomic E-state index is 14.3. The van der Waals surface area contributed by atoms with Gasteiger partial charge in [0.1, 0.15) is 5.41 Å². The van der Waals surface area contributed by atoms with E-state index in [0.717, 1.165) is 5.06 Å². The van der Waals surface area contributed by atoms with Crippen molar-refractivity contribution in [2.45, 2.75) is 37.7 Å². The Morgan fingerprint density at radius 2 is 1.59 bits per heavy atom. The zero-order valence-electron chi connectivity index (χ0n) is 15.7. The molecule has 3 rings (SSSR count). The molecule has 1 aliphatic rings. The summed E-state index contributed by atoms with van der Waals surface area (Å²) in [6.45, 7) is 0.0448. The van der Waals surface area contributed by atoms with E-state index in [2.05, 4.69) is 0 Å². The zero-order valence-corrected chi connectivity index (χ0v) is 15.7. The van der Waals surface area contributed by atoms with Crippen molar-refractivity contribution in [3.63, 3.8) is 0 Å². The molecule has 158 valence electrons. The van der Waals surface area contributed by atoms with Crippen molar-refractivity contribution in [1.82, 2.24) is 5.06 Å². The van der Waals surface area contributed by atoms with Crippen LogP contribution in [0.2, 0.25) is 0 Å². The van der Waals surface area contributed by atoms with Gasteiger partial charge in [-0.2, -0.15) is 31.4 Å². The number of hydrogen-bond acceptors (Lipinski definition) is 2. The summed E-state index contributed by atoms with van der Waals surface area (Å²) in [5.74, 6) is -2.16. The Kier molecular flexibility index (Phi) is 5.96. The third kappa shape index (κ3) is 4.59. The summed E-state index contributed by atoms with van der Waals surface area (Å²) < 4.78 is 83.7. The van der Waals surface area contributed by atoms with E-state index in [1.165, 1.54) is 25.1 Å². The molecule has 2 atom stereocenters. The zero-order chi connectivity index (χ0) is 21.3. The average Bonchev–Trinajstić information content (AvgIpc) is 2.66. The van der Waals surface area contributed by atoms with Gasteiger partial charge in [-0.3, -0.25) is 4.84 Å². The molecule has 1 saturated heterocycles. The lowest BCUT2D eigenvalue weighted by molar-refractivity contribution is -0.293. The monoisotopic (exact) mass is 417 g/mol. The lowest BCUT2D eigenvalue weighted by atomic mass is 9.69. The topological polar surface area (TPSA) is 12.5 Å². The number of benzene rings is 2. The maximum Gasteiger partial charge on any atom is 0.399 e. The fourth-order valence-electron chi connectivity index (χ4n) is 3.88. The Bertz CT molecular complexity index is 820. The number of hydrogen-bond donors (Lipinski definition) is 0. The fraction of sp³-hybridized carbons (Fsp3) is 0.429. The SMILES string of the molecule is Cc1ccccc1[C@]1(C(F)(F)F)CC(C(F)(F)F)CN(OCc2ccccc2)C1. The summed E-state index contributed by atoms with van der Waals surface area (Å²) in [6, 6.07) is 14.3. The first kappa shape index (κ1) is 21.6. The molecule has 0 saturated carbocycles. The lowest BCUT2D eigenvalue weighted by Crippen LogP contribution is -2.59. The largest absolute Gasteiger partial charge is 0.399 e. The molecule has 0 aliphatic carbocycles. The number of nitrogens with zero attached hydrogens (tertiary/aromatic N) is 1. The van der Waals surface area contributed by atoms with Crippen molar-refractivity contribution in [2.24, 2.45) is 5.92 Å². The molecule has 8 heteroatoms. The molecule has 1 aliphatic heterocycles. The van der Waals surface area contributed by atoms with Gasteiger partial charge in [0, 0.05) is 13.1 Å². The van der Waals surface area contributed by atoms with Crippen LogP contribution in [-0.4, -0.2) is 30.5 Å². The van der Waals surface area contributed by atoms with Crippen molar-refractivity contribution in [3.05, 3.63) is 71.3 Å². The second kappa shape index (κ2) is 7.99. The summed E-state index contributed by atoms with van der Waals surface area (Å²) in [4.78, 5) is 5.44. The number of rotatable bonds is 4. The standard InChI is InChI=1S/C21H21F6NO/c1-15-7-5-6-10-18(15)19(21(25,26)27)11-17(20(22,23)24)12-28(14-19)29-13-16-8-3-2-4-9-16/h2-10,17H,11-14H2,1H3/t17?,19-/m0/s1. The summed E-state index contributed by atoms with van der Waals surface area (Å²) in [7, 11) is 0. The summed E-state index contributed by atoms with van der Waals surface area (Å²) in [5, 5.41) is 0.828. The van der Waals surface area contributed by atoms with Crippen LogP contribution in [0.1, 0.15) is 23.1 Å². The number of hydroxylamine groups is 2. The molecular weight excluding hydrogens is 396 g/mol. The fourth-order valence-corrected chi connectivity index (χ4v) is 3.88. The molecule has 29 heavy (non-hydrogen) atoms. The Morgan fingerprint density at radius 1 is 0.966 bits per heavy atom. The van der Waals surface area contributed by atoms with Crippen molar-refractivity contribution in [2.75, 3.05) is 13.1 Å². The van der Waals surface area contributed by atoms with Crippen LogP contribution in [0.15, 0.2) is 54.6 Å². The first-order chi connectivity index (χ1) is 13.5. The molecule has 1 fully saturated rings. The summed E-state index contributed by atoms with van der Waals surface area (Å²) in [5.41, 5.74) is -1.85. The van der Waals surface area contributed by atoms with Crippen LogP contribution in [0.3, 0.4) is 0 Å². The molecule has 2 aromatic rings. The van der Waals surface area contributed by atoms with E-state index < -0.39 is 43.2 Å². The highest BCUT2D eigenvalue weighted by Crippen LogP contribution is 2.52. The van der Waals surface area contributed by atoms with Crippen LogP contribution in [0.4, 0.5) is 26.3 Å². The van der Waals surface area contributed by atoms with Gasteiger partial charge in [0.2, 0.25) is 0 Å². The van der Waals surface area contributed by atoms with Gasteiger partial charge in [0.15, 0.2) is 0 Å². The van der Waals surface area contributed by atoms with Gasteiger partial charge in [-0.05, 0) is 30.0 Å². The quantitative estimate of drug-likeness (QED) is 0.582. The van der Waals surface area contributed by atoms with Gasteiger partial charge in [0.05, 0.1) is 12.5 Å². The third-order valence-electron chi connectivity index (χ3n) is 5.39. The van der Waals surface area contributed by atoms with E-state index in [1.807, 2.05) is 0 Å². The Morgan fingerprint density at radius 3 is 2.17 bits per heavy atom. The van der Waals surface area contributed by atoms with Gasteiger partial charge in [-0.15, -0.1) is 0 Å². The molecule has 0 radical (unpaired) electrons. The smallest absolute Gasteiger partial charge is 0.294 e. The van der Waals surface area contributed by atoms with Crippen LogP contribution < -0.4 is 0 Å². The van der Waals surface area contributed by atoms with Crippen LogP contribution in [0.25, 0.3) is 0 Å². The number of aryl methyl sites for hydroxylation is 1. The molecule has 2 aromatic carbocycles. The van der Waals surface area contributed by atoms with Gasteiger partial charge < -0.3 is 0 Å². The van der Waals surface area contributed by atoms with Crippen LogP contribution in [0.5, 0.6) is 0 Å². The predicted molar refractivity (Wildman–Crippen MR) is 95.9 cm³/mol. The highest BCUT2D eigenvalue weighted by molar-refractivity contribution is 5.36. The highest BCUT2D eigenvalue weighted by atomic mass is 19.4. The molecule has 1 heterocycles. The second-order valence-electron chi connectivity index (χ2n) is 7.42. The minimum Gasteiger partial charge on any atom is -0.294 e. The van der Waals surface area contributed by atoms with E-state index in [1.54, 1.807) is 36.4 Å². The van der Waals surface area contributed by atoms with Gasteiger partial charge in [-0.25, -0.2) is 0 Å². The van der Waals surface area contributed by atoms with Crippen LogP contribution in [0, 0.1) is 12.8 Å². The Balaban J connectivity index is 1.98. The number of piperidine rings is 1. The van der Waals surface area contributed by atoms with E-state index in [9.17, 15) is 26.3 Å². The molecule has 0 N–H and O–H groups in total. The Hall–Kier alpha value is -2.06. The molecular formula is C21H21F6NO. The average molecular weight is 417 g/mol. The van der Waals surface area contributed by atoms with Gasteiger partial charge in [-0.1, -0.05) is 54.6 Å². The van der Waals surface area contributed by atoms with E-state index in [-0.39, 0.29) is 12.2 Å². The molecule has 0 spiro atoms. The second-order valence-corrected chi connectivity index (χ2v) is 7.42. The van der Waals surface area contributed by atoms with E-state index in [4.69, 9.17) is 4.84 Å². The normalized spacial score (nSPS) is 23.9. The lowest BCUT2D eigenvalue weighted by Gasteiger charge is -2.47. The maximum absolute atomic E-state index is 14.3. The van der Waals surface area contributed by atoms with E-state index >= 15 is 0 Å². The van der Waals surface area contributed by atoms with Crippen molar-refractivity contribution < 1.29 is 31.2 Å². The third-order valence-corrected chi connectivity index (χ3v) is 5.39. The predicted octanol–water partition coefficient (Wildman–Crippen LogP) is 5.81. The summed E-state index contributed by atoms with van der Waals surface area (Å²) >= 11 is 0. The first-order valence-electron chi connectivity index (χ1n) is 9.14. The minimum absolute atomic E-state index is 0.104. The minimum atomic E-state index is -4.88. The van der Waals surface area contributed by atoms with Crippen LogP contribution in [-0.2, 0) is 16.9 Å². The van der Waals surface area contributed by atoms with E-state index in [0.29, 0.717) is 11.1 Å². The molecule has 0 bridgehead atoms. The van der Waals surface area contributed by atoms with Crippen molar-refractivity contribution in [1.29, 1.82) is 0 Å². The number of halogens is 6. The first-order valence-corrected chi connectivity index (χ1v) is 9.14. The molecule has 2 nitrogen and oxygen atoms in total. The van der Waals surface area contributed by atoms with Crippen molar-refractivity contribution in [3.8, 4) is 0 Å². The number of alkyl halides is 6. The van der Waals surface area contributed by atoms with Crippen molar-refractivity contribution >= 4 is 0 Å². The molecule has 0 aromatic heterocycles. The summed E-state index contributed by atoms with van der Waals surface area (Å²) in [6.07, 6.45) is -10.7. The molecule has 1 unspecified atom stereocenters. The van der Waals surface area contributed by atoms with Gasteiger partial charge >= 0.3 is 12.4 Å². The Labute approximate surface area is 165 Å². The highest BCUT2D eigenvalue weighted by Gasteiger charge is 2.63. The van der Waals surface area contributed by atoms with Gasteiger partial charge in [0.25, 0.3) is 0 Å². The van der Waals surface area contributed by atoms with Crippen LogP contribution >= 0.6 is 0 Å². The molecule has 0 amide bonds.